The fourth-order valence-corrected chi connectivity index (χ4v) is 11.9. The van der Waals surface area contributed by atoms with Crippen LogP contribution in [0.5, 0.6) is 0 Å². The highest BCUT2D eigenvalue weighted by Gasteiger charge is 2.18. The fourth-order valence-electron chi connectivity index (χ4n) is 10.7. The molecule has 0 saturated carbocycles. The first-order chi connectivity index (χ1) is 34.7. The summed E-state index contributed by atoms with van der Waals surface area (Å²) in [4.78, 5) is 2.36. The maximum atomic E-state index is 6.47. The molecule has 0 aliphatic carbocycles. The molecule has 0 radical (unpaired) electrons. The van der Waals surface area contributed by atoms with Crippen molar-refractivity contribution in [2.75, 3.05) is 4.90 Å². The minimum absolute atomic E-state index is 0.901. The van der Waals surface area contributed by atoms with Crippen LogP contribution in [-0.4, -0.2) is 4.57 Å². The third-order valence-corrected chi connectivity index (χ3v) is 15.2. The smallest absolute Gasteiger partial charge is 0.143 e. The summed E-state index contributed by atoms with van der Waals surface area (Å²) in [6.07, 6.45) is 0. The molecule has 70 heavy (non-hydrogen) atoms. The van der Waals surface area contributed by atoms with Crippen LogP contribution in [0.2, 0.25) is 0 Å². The molecule has 0 unspecified atom stereocenters. The van der Waals surface area contributed by atoms with Crippen molar-refractivity contribution < 1.29 is 4.42 Å². The van der Waals surface area contributed by atoms with Crippen LogP contribution < -0.4 is 4.90 Å². The normalized spacial score (nSPS) is 11.7. The molecule has 0 aliphatic rings. The summed E-state index contributed by atoms with van der Waals surface area (Å²) in [6.45, 7) is 0. The Morgan fingerprint density at radius 2 is 0.871 bits per heavy atom. The van der Waals surface area contributed by atoms with Crippen LogP contribution in [0.15, 0.2) is 259 Å². The highest BCUT2D eigenvalue weighted by molar-refractivity contribution is 7.26. The number of benzene rings is 11. The third-order valence-electron chi connectivity index (χ3n) is 14.0. The van der Waals surface area contributed by atoms with Crippen LogP contribution in [-0.2, 0) is 0 Å². The zero-order valence-corrected chi connectivity index (χ0v) is 38.8. The van der Waals surface area contributed by atoms with Gasteiger partial charge in [0.25, 0.3) is 0 Å². The number of para-hydroxylation sites is 4. The first-order valence-corrected chi connectivity index (χ1v) is 24.6. The summed E-state index contributed by atoms with van der Waals surface area (Å²) in [5, 5.41) is 7.39. The number of thiophene rings is 1. The maximum Gasteiger partial charge on any atom is 0.143 e. The first-order valence-electron chi connectivity index (χ1n) is 23.8. The topological polar surface area (TPSA) is 21.3 Å². The lowest BCUT2D eigenvalue weighted by atomic mass is 9.97. The van der Waals surface area contributed by atoms with Gasteiger partial charge in [0.1, 0.15) is 11.2 Å². The molecular weight excluding hydrogens is 869 g/mol. The van der Waals surface area contributed by atoms with Crippen LogP contribution in [0.25, 0.3) is 114 Å². The minimum Gasteiger partial charge on any atom is -0.455 e. The van der Waals surface area contributed by atoms with Gasteiger partial charge < -0.3 is 13.9 Å². The number of hydrogen-bond acceptors (Lipinski definition) is 3. The van der Waals surface area contributed by atoms with Crippen molar-refractivity contribution in [1.29, 1.82) is 0 Å². The van der Waals surface area contributed by atoms with Gasteiger partial charge in [-0.2, -0.15) is 0 Å². The van der Waals surface area contributed by atoms with Gasteiger partial charge in [0.05, 0.1) is 11.0 Å². The monoisotopic (exact) mass is 910 g/mol. The van der Waals surface area contributed by atoms with E-state index in [2.05, 4.69) is 252 Å². The summed E-state index contributed by atoms with van der Waals surface area (Å²) >= 11 is 1.88. The van der Waals surface area contributed by atoms with Crippen molar-refractivity contribution in [3.8, 4) is 50.2 Å². The zero-order chi connectivity index (χ0) is 46.1. The largest absolute Gasteiger partial charge is 0.455 e. The Labute approximate surface area is 409 Å². The molecule has 0 aliphatic heterocycles. The Balaban J connectivity index is 0.845. The van der Waals surface area contributed by atoms with Gasteiger partial charge in [-0.25, -0.2) is 0 Å². The van der Waals surface area contributed by atoms with E-state index in [9.17, 15) is 0 Å². The lowest BCUT2D eigenvalue weighted by Crippen LogP contribution is -2.09. The van der Waals surface area contributed by atoms with Gasteiger partial charge in [0.2, 0.25) is 0 Å². The summed E-state index contributed by atoms with van der Waals surface area (Å²) in [5.74, 6) is 0. The molecule has 0 atom stereocenters. The van der Waals surface area contributed by atoms with Gasteiger partial charge in [-0.15, -0.1) is 11.3 Å². The Kier molecular flexibility index (Phi) is 9.39. The average Bonchev–Trinajstić information content (AvgIpc) is 4.12. The predicted molar refractivity (Wildman–Crippen MR) is 297 cm³/mol. The Morgan fingerprint density at radius 3 is 1.63 bits per heavy atom. The summed E-state index contributed by atoms with van der Waals surface area (Å²) in [7, 11) is 0. The second-order valence-electron chi connectivity index (χ2n) is 18.0. The number of aromatic nitrogens is 1. The minimum atomic E-state index is 0.901. The van der Waals surface area contributed by atoms with E-state index in [0.29, 0.717) is 0 Å². The van der Waals surface area contributed by atoms with Gasteiger partial charge in [-0.3, -0.25) is 0 Å². The van der Waals surface area contributed by atoms with E-state index in [0.717, 1.165) is 61.4 Å². The third kappa shape index (κ3) is 6.64. The van der Waals surface area contributed by atoms with E-state index >= 15 is 0 Å². The average molecular weight is 911 g/mol. The molecular formula is C66H42N2OS. The highest BCUT2D eigenvalue weighted by atomic mass is 32.1. The molecule has 3 nitrogen and oxygen atoms in total. The Morgan fingerprint density at radius 1 is 0.329 bits per heavy atom. The van der Waals surface area contributed by atoms with Crippen molar-refractivity contribution in [1.82, 2.24) is 4.57 Å². The van der Waals surface area contributed by atoms with Crippen LogP contribution >= 0.6 is 11.3 Å². The van der Waals surface area contributed by atoms with E-state index < -0.39 is 0 Å². The summed E-state index contributed by atoms with van der Waals surface area (Å²) in [5.41, 5.74) is 17.9. The van der Waals surface area contributed by atoms with Crippen molar-refractivity contribution in [3.05, 3.63) is 255 Å². The van der Waals surface area contributed by atoms with E-state index in [1.54, 1.807) is 0 Å². The number of furan rings is 1. The zero-order valence-electron chi connectivity index (χ0n) is 38.0. The molecule has 0 saturated heterocycles. The SMILES string of the molecule is c1ccc(-n2c3ccccc3c3ccc(-c4ccc(N(c5ccc(-c6cccc(-c7cccc8c7sc7ccccc78)c6)cc5)c5ccc(-c6cccc7c6oc6ccccc67)cc5)cc4)cc32)cc1. The first kappa shape index (κ1) is 40.1. The Hall–Kier alpha value is -8.96. The van der Waals surface area contributed by atoms with Crippen molar-refractivity contribution in [3.63, 3.8) is 0 Å². The van der Waals surface area contributed by atoms with Gasteiger partial charge in [-0.05, 0) is 118 Å². The van der Waals surface area contributed by atoms with Crippen LogP contribution in [0.1, 0.15) is 0 Å². The number of rotatable bonds is 8. The van der Waals surface area contributed by atoms with E-state index in [1.807, 2.05) is 23.5 Å². The molecule has 11 aromatic carbocycles. The molecule has 4 heteroatoms. The maximum absolute atomic E-state index is 6.47. The van der Waals surface area contributed by atoms with Crippen molar-refractivity contribution >= 4 is 92.3 Å². The van der Waals surface area contributed by atoms with Gasteiger partial charge in [-0.1, -0.05) is 176 Å². The second-order valence-corrected chi connectivity index (χ2v) is 19.1. The quantitative estimate of drug-likeness (QED) is 0.151. The molecule has 3 heterocycles. The van der Waals surface area contributed by atoms with E-state index in [-0.39, 0.29) is 0 Å². The molecule has 0 spiro atoms. The molecule has 14 rings (SSSR count). The van der Waals surface area contributed by atoms with Crippen molar-refractivity contribution in [2.45, 2.75) is 0 Å². The van der Waals surface area contributed by atoms with E-state index in [4.69, 9.17) is 4.42 Å². The molecule has 328 valence electrons. The predicted octanol–water partition coefficient (Wildman–Crippen LogP) is 19.2. The Bertz CT molecular complexity index is 4270. The van der Waals surface area contributed by atoms with Crippen LogP contribution in [0.3, 0.4) is 0 Å². The molecule has 0 bridgehead atoms. The van der Waals surface area contributed by atoms with Gasteiger partial charge in [0.15, 0.2) is 0 Å². The molecule has 3 aromatic heterocycles. The van der Waals surface area contributed by atoms with Crippen molar-refractivity contribution in [2.24, 2.45) is 0 Å². The number of fused-ring (bicyclic) bond motifs is 9. The second kappa shape index (κ2) is 16.4. The van der Waals surface area contributed by atoms with Gasteiger partial charge in [0, 0.05) is 70.0 Å². The lowest BCUT2D eigenvalue weighted by molar-refractivity contribution is 0.670. The number of hydrogen-bond donors (Lipinski definition) is 0. The number of anilines is 3. The van der Waals surface area contributed by atoms with Gasteiger partial charge >= 0.3 is 0 Å². The van der Waals surface area contributed by atoms with Crippen LogP contribution in [0, 0.1) is 0 Å². The fraction of sp³-hybridized carbons (Fsp3) is 0. The summed E-state index contributed by atoms with van der Waals surface area (Å²) < 4.78 is 11.5. The van der Waals surface area contributed by atoms with Crippen LogP contribution in [0.4, 0.5) is 17.1 Å². The highest BCUT2D eigenvalue weighted by Crippen LogP contribution is 2.43. The molecule has 0 fully saturated rings. The van der Waals surface area contributed by atoms with E-state index in [1.165, 1.54) is 69.8 Å². The molecule has 0 N–H and O–H groups in total. The standard InChI is InChI=1S/C66H42N2OS/c1-2-15-49(16-3-1)68-61-24-7-4-17-55(61)56-40-33-47(42-62(56)68)44-29-36-51(37-30-44)67(52-38-31-45(32-39-52)53-20-11-22-59-57-18-5-8-25-63(57)69-65(53)59)50-34-27-43(28-35-50)46-13-10-14-48(41-46)54-21-12-23-60-58-19-6-9-26-64(58)70-66(54)60/h1-42H. The summed E-state index contributed by atoms with van der Waals surface area (Å²) in [6, 6.07) is 92.3. The number of nitrogens with zero attached hydrogens (tertiary/aromatic N) is 2. The molecule has 14 aromatic rings. The molecule has 0 amide bonds. The lowest BCUT2D eigenvalue weighted by Gasteiger charge is -2.26.